The Morgan fingerprint density at radius 1 is 0.812 bits per heavy atom. The predicted molar refractivity (Wildman–Crippen MR) is 118 cm³/mol. The summed E-state index contributed by atoms with van der Waals surface area (Å²) >= 11 is 0. The first-order valence-electron chi connectivity index (χ1n) is 10.2. The van der Waals surface area contributed by atoms with Crippen LogP contribution >= 0.6 is 0 Å². The first-order valence-corrected chi connectivity index (χ1v) is 10.2. The zero-order chi connectivity index (χ0) is 23.4. The molecule has 0 bridgehead atoms. The molecule has 2 aromatic rings. The highest BCUT2D eigenvalue weighted by atomic mass is 16.5. The van der Waals surface area contributed by atoms with Crippen molar-refractivity contribution in [2.24, 2.45) is 0 Å². The van der Waals surface area contributed by atoms with E-state index in [0.29, 0.717) is 5.69 Å². The van der Waals surface area contributed by atoms with Crippen molar-refractivity contribution in [3.8, 4) is 0 Å². The van der Waals surface area contributed by atoms with Crippen molar-refractivity contribution in [2.45, 2.75) is 39.9 Å². The predicted octanol–water partition coefficient (Wildman–Crippen LogP) is 3.69. The molecule has 1 aliphatic rings. The Kier molecular flexibility index (Phi) is 6.73. The number of esters is 2. The Balaban J connectivity index is 1.88. The molecular formula is C24H24N2O6. The van der Waals surface area contributed by atoms with Crippen LogP contribution in [0, 0.1) is 0 Å². The molecule has 0 unspecified atom stereocenters. The lowest BCUT2D eigenvalue weighted by atomic mass is 10.1. The number of hydrogen-bond acceptors (Lipinski definition) is 7. The number of nitrogens with one attached hydrogen (secondary N) is 1. The minimum atomic E-state index is -0.660. The summed E-state index contributed by atoms with van der Waals surface area (Å²) in [5.41, 5.74) is 0.723. The van der Waals surface area contributed by atoms with Crippen LogP contribution in [0.2, 0.25) is 0 Å². The highest BCUT2D eigenvalue weighted by molar-refractivity contribution is 6.32. The van der Waals surface area contributed by atoms with E-state index < -0.39 is 23.8 Å². The first kappa shape index (κ1) is 22.7. The molecule has 166 valence electrons. The molecule has 0 saturated carbocycles. The van der Waals surface area contributed by atoms with E-state index in [0.717, 1.165) is 11.0 Å². The van der Waals surface area contributed by atoms with Gasteiger partial charge in [-0.25, -0.2) is 14.5 Å². The molecule has 0 atom stereocenters. The quantitative estimate of drug-likeness (QED) is 0.522. The molecule has 8 nitrogen and oxygen atoms in total. The summed E-state index contributed by atoms with van der Waals surface area (Å²) in [6.07, 6.45) is 0.442. The van der Waals surface area contributed by atoms with E-state index >= 15 is 0 Å². The monoisotopic (exact) mass is 436 g/mol. The van der Waals surface area contributed by atoms with Gasteiger partial charge in [-0.05, 0) is 52.0 Å². The summed E-state index contributed by atoms with van der Waals surface area (Å²) in [5, 5.41) is 2.86. The van der Waals surface area contributed by atoms with Crippen molar-refractivity contribution in [3.05, 3.63) is 71.4 Å². The molecule has 2 aromatic carbocycles. The summed E-state index contributed by atoms with van der Waals surface area (Å²) in [6.45, 7) is 6.88. The molecule has 1 N–H and O–H groups in total. The Labute approximate surface area is 185 Å². The summed E-state index contributed by atoms with van der Waals surface area (Å²) in [4.78, 5) is 51.5. The van der Waals surface area contributed by atoms with Crippen LogP contribution in [0.4, 0.5) is 11.4 Å². The van der Waals surface area contributed by atoms with Crippen LogP contribution in [0.3, 0.4) is 0 Å². The largest absolute Gasteiger partial charge is 0.459 e. The van der Waals surface area contributed by atoms with Gasteiger partial charge in [-0.2, -0.15) is 0 Å². The zero-order valence-electron chi connectivity index (χ0n) is 18.2. The molecular weight excluding hydrogens is 412 g/mol. The van der Waals surface area contributed by atoms with Gasteiger partial charge in [0.2, 0.25) is 0 Å². The van der Waals surface area contributed by atoms with Gasteiger partial charge in [-0.15, -0.1) is 0 Å². The van der Waals surface area contributed by atoms with Gasteiger partial charge < -0.3 is 14.8 Å². The van der Waals surface area contributed by atoms with Crippen LogP contribution in [-0.2, 0) is 19.1 Å². The number of para-hydroxylation sites is 2. The van der Waals surface area contributed by atoms with Gasteiger partial charge in [0.1, 0.15) is 5.70 Å². The van der Waals surface area contributed by atoms with E-state index in [-0.39, 0.29) is 34.7 Å². The summed E-state index contributed by atoms with van der Waals surface area (Å²) in [6, 6.07) is 12.7. The summed E-state index contributed by atoms with van der Waals surface area (Å²) < 4.78 is 10.5. The molecule has 8 heteroatoms. The fourth-order valence-electron chi connectivity index (χ4n) is 3.10. The van der Waals surface area contributed by atoms with Crippen molar-refractivity contribution in [1.82, 2.24) is 0 Å². The van der Waals surface area contributed by atoms with Crippen LogP contribution in [0.15, 0.2) is 60.3 Å². The Hall–Kier alpha value is -3.94. The third-order valence-corrected chi connectivity index (χ3v) is 4.39. The highest BCUT2D eigenvalue weighted by Crippen LogP contribution is 2.29. The summed E-state index contributed by atoms with van der Waals surface area (Å²) in [7, 11) is 0. The van der Waals surface area contributed by atoms with Gasteiger partial charge in [0.15, 0.2) is 0 Å². The van der Waals surface area contributed by atoms with Gasteiger partial charge in [0, 0.05) is 6.08 Å². The molecule has 32 heavy (non-hydrogen) atoms. The molecule has 3 rings (SSSR count). The lowest BCUT2D eigenvalue weighted by Gasteiger charge is -2.19. The van der Waals surface area contributed by atoms with E-state index in [2.05, 4.69) is 5.32 Å². The minimum Gasteiger partial charge on any atom is -0.459 e. The van der Waals surface area contributed by atoms with Crippen molar-refractivity contribution >= 4 is 35.1 Å². The number of carbonyl (C=O) groups is 4. The molecule has 0 aliphatic carbocycles. The van der Waals surface area contributed by atoms with Crippen LogP contribution in [0.5, 0.6) is 0 Å². The van der Waals surface area contributed by atoms with Gasteiger partial charge >= 0.3 is 11.9 Å². The van der Waals surface area contributed by atoms with Crippen molar-refractivity contribution in [2.75, 3.05) is 10.2 Å². The van der Waals surface area contributed by atoms with E-state index in [1.807, 2.05) is 0 Å². The average Bonchev–Trinajstić information content (AvgIpc) is 3.00. The van der Waals surface area contributed by atoms with Crippen molar-refractivity contribution < 1.29 is 28.7 Å². The maximum absolute atomic E-state index is 13.1. The van der Waals surface area contributed by atoms with Crippen LogP contribution in [0.1, 0.15) is 48.4 Å². The zero-order valence-corrected chi connectivity index (χ0v) is 18.2. The Bertz CT molecular complexity index is 1100. The Morgan fingerprint density at radius 2 is 1.34 bits per heavy atom. The second-order valence-electron chi connectivity index (χ2n) is 7.63. The molecule has 0 spiro atoms. The molecule has 1 aliphatic heterocycles. The van der Waals surface area contributed by atoms with E-state index in [1.54, 1.807) is 64.1 Å². The average molecular weight is 436 g/mol. The maximum Gasteiger partial charge on any atom is 0.340 e. The van der Waals surface area contributed by atoms with Gasteiger partial charge in [-0.1, -0.05) is 24.3 Å². The maximum atomic E-state index is 13.1. The molecule has 2 amide bonds. The molecule has 0 saturated heterocycles. The highest BCUT2D eigenvalue weighted by Gasteiger charge is 2.35. The molecule has 0 radical (unpaired) electrons. The van der Waals surface area contributed by atoms with Gasteiger partial charge in [0.05, 0.1) is 34.7 Å². The Morgan fingerprint density at radius 3 is 1.97 bits per heavy atom. The lowest BCUT2D eigenvalue weighted by molar-refractivity contribution is -0.120. The molecule has 0 fully saturated rings. The third kappa shape index (κ3) is 4.85. The number of nitrogens with zero attached hydrogens (tertiary/aromatic N) is 1. The van der Waals surface area contributed by atoms with Crippen LogP contribution < -0.4 is 10.2 Å². The SMILES string of the molecule is CC(C)OC(=O)c1ccccc1NC1=CC(=O)N(c2ccccc2C(=O)OC(C)C)C1=O. The molecule has 1 heterocycles. The number of rotatable bonds is 7. The van der Waals surface area contributed by atoms with Gasteiger partial charge in [-0.3, -0.25) is 9.59 Å². The summed E-state index contributed by atoms with van der Waals surface area (Å²) in [5.74, 6) is -2.48. The number of carbonyl (C=O) groups excluding carboxylic acids is 4. The molecule has 0 aromatic heterocycles. The number of imide groups is 1. The number of amides is 2. The van der Waals surface area contributed by atoms with Gasteiger partial charge in [0.25, 0.3) is 11.8 Å². The van der Waals surface area contributed by atoms with E-state index in [4.69, 9.17) is 9.47 Å². The number of anilines is 2. The standard InChI is InChI=1S/C24H24N2O6/c1-14(2)31-23(29)16-9-5-7-11-18(16)25-19-13-21(27)26(22(19)28)20-12-8-6-10-17(20)24(30)32-15(3)4/h5-15,25H,1-4H3. The first-order chi connectivity index (χ1) is 15.2. The minimum absolute atomic E-state index is 0.0353. The van der Waals surface area contributed by atoms with Crippen molar-refractivity contribution in [3.63, 3.8) is 0 Å². The second kappa shape index (κ2) is 9.47. The normalized spacial score (nSPS) is 13.4. The lowest BCUT2D eigenvalue weighted by Crippen LogP contribution is -2.33. The topological polar surface area (TPSA) is 102 Å². The van der Waals surface area contributed by atoms with E-state index in [1.165, 1.54) is 12.1 Å². The number of hydrogen-bond donors (Lipinski definition) is 1. The number of ether oxygens (including phenoxy) is 2. The smallest absolute Gasteiger partial charge is 0.340 e. The van der Waals surface area contributed by atoms with E-state index in [9.17, 15) is 19.2 Å². The van der Waals surface area contributed by atoms with Crippen LogP contribution in [0.25, 0.3) is 0 Å². The number of benzene rings is 2. The second-order valence-corrected chi connectivity index (χ2v) is 7.63. The fourth-order valence-corrected chi connectivity index (χ4v) is 3.10. The van der Waals surface area contributed by atoms with Crippen LogP contribution in [-0.4, -0.2) is 36.0 Å². The van der Waals surface area contributed by atoms with Crippen molar-refractivity contribution in [1.29, 1.82) is 0 Å². The fraction of sp³-hybridized carbons (Fsp3) is 0.250. The third-order valence-electron chi connectivity index (χ3n) is 4.39.